The zero-order chi connectivity index (χ0) is 9.84. The molecule has 72 valence electrons. The second-order valence-electron chi connectivity index (χ2n) is 1.97. The lowest BCUT2D eigenvalue weighted by molar-refractivity contribution is 0.457. The molecule has 1 nitrogen and oxygen atoms in total. The molecule has 0 radical (unpaired) electrons. The molecule has 0 heterocycles. The summed E-state index contributed by atoms with van der Waals surface area (Å²) < 4.78 is 36.6. The van der Waals surface area contributed by atoms with Crippen LogP contribution in [-0.2, 0) is 0 Å². The standard InChI is InChI=1S/C6H3F3OS3/c7-11-4-2-1-3(10)5(12-8)6(4)13-9/h1-2,10H. The molecule has 0 bridgehead atoms. The molecule has 0 fully saturated rings. The van der Waals surface area contributed by atoms with Gasteiger partial charge < -0.3 is 5.11 Å². The Hall–Kier alpha value is -0.140. The van der Waals surface area contributed by atoms with Crippen LogP contribution in [0.5, 0.6) is 5.75 Å². The van der Waals surface area contributed by atoms with Crippen LogP contribution in [0.2, 0.25) is 0 Å². The Morgan fingerprint density at radius 1 is 0.923 bits per heavy atom. The highest BCUT2D eigenvalue weighted by Crippen LogP contribution is 2.44. The summed E-state index contributed by atoms with van der Waals surface area (Å²) >= 11 is -0.805. The van der Waals surface area contributed by atoms with Crippen LogP contribution in [0, 0.1) is 0 Å². The number of aromatic hydroxyl groups is 1. The fraction of sp³-hybridized carbons (Fsp3) is 0. The molecule has 1 N–H and O–H groups in total. The van der Waals surface area contributed by atoms with Crippen molar-refractivity contribution in [1.29, 1.82) is 0 Å². The van der Waals surface area contributed by atoms with Crippen molar-refractivity contribution in [3.63, 3.8) is 0 Å². The van der Waals surface area contributed by atoms with Gasteiger partial charge in [-0.25, -0.2) is 0 Å². The third-order valence-electron chi connectivity index (χ3n) is 1.29. The number of hydrogen-bond donors (Lipinski definition) is 1. The minimum absolute atomic E-state index is 0.0505. The van der Waals surface area contributed by atoms with Crippen LogP contribution < -0.4 is 0 Å². The highest BCUT2D eigenvalue weighted by molar-refractivity contribution is 7.99. The monoisotopic (exact) mass is 244 g/mol. The van der Waals surface area contributed by atoms with Gasteiger partial charge in [-0.1, -0.05) is 0 Å². The highest BCUT2D eigenvalue weighted by atomic mass is 32.2. The van der Waals surface area contributed by atoms with Crippen molar-refractivity contribution in [2.75, 3.05) is 0 Å². The number of benzene rings is 1. The fourth-order valence-electron chi connectivity index (χ4n) is 0.743. The van der Waals surface area contributed by atoms with Crippen LogP contribution in [0.3, 0.4) is 0 Å². The number of halogens is 3. The molecule has 0 amide bonds. The third kappa shape index (κ3) is 2.21. The van der Waals surface area contributed by atoms with E-state index in [0.29, 0.717) is 0 Å². The van der Waals surface area contributed by atoms with Gasteiger partial charge in [0.05, 0.1) is 51.1 Å². The van der Waals surface area contributed by atoms with Crippen LogP contribution >= 0.6 is 36.4 Å². The Bertz CT molecular complexity index is 307. The molecule has 1 aromatic carbocycles. The van der Waals surface area contributed by atoms with E-state index in [0.717, 1.165) is 6.07 Å². The Balaban J connectivity index is 3.27. The Morgan fingerprint density at radius 2 is 1.54 bits per heavy atom. The van der Waals surface area contributed by atoms with Gasteiger partial charge in [0.1, 0.15) is 5.75 Å². The van der Waals surface area contributed by atoms with Crippen molar-refractivity contribution >= 4 is 36.4 Å². The third-order valence-corrected chi connectivity index (χ3v) is 3.20. The first-order valence-electron chi connectivity index (χ1n) is 2.96. The molecule has 0 spiro atoms. The largest absolute Gasteiger partial charge is 0.507 e. The average molecular weight is 244 g/mol. The maximum absolute atomic E-state index is 12.2. The lowest BCUT2D eigenvalue weighted by Crippen LogP contribution is -1.80. The minimum Gasteiger partial charge on any atom is -0.507 e. The molecule has 0 aliphatic carbocycles. The summed E-state index contributed by atoms with van der Waals surface area (Å²) in [6.07, 6.45) is 0. The number of phenolic OH excluding ortho intramolecular Hbond substituents is 1. The molecular formula is C6H3F3OS3. The van der Waals surface area contributed by atoms with E-state index in [2.05, 4.69) is 0 Å². The maximum atomic E-state index is 12.2. The summed E-state index contributed by atoms with van der Waals surface area (Å²) in [6.45, 7) is 0. The Morgan fingerprint density at radius 3 is 2.00 bits per heavy atom. The molecule has 13 heavy (non-hydrogen) atoms. The summed E-state index contributed by atoms with van der Waals surface area (Å²) in [5.74, 6) is -0.398. The Kier molecular flexibility index (Phi) is 4.14. The molecule has 0 aromatic heterocycles. The van der Waals surface area contributed by atoms with Gasteiger partial charge in [-0.05, 0) is 12.1 Å². The average Bonchev–Trinajstić information content (AvgIpc) is 2.17. The van der Waals surface area contributed by atoms with Crippen molar-refractivity contribution in [3.8, 4) is 5.75 Å². The van der Waals surface area contributed by atoms with Crippen molar-refractivity contribution in [2.24, 2.45) is 0 Å². The normalized spacial score (nSPS) is 10.4. The fourth-order valence-corrected chi connectivity index (χ4v) is 2.12. The molecule has 1 aromatic rings. The molecule has 0 unspecified atom stereocenters. The zero-order valence-electron chi connectivity index (χ0n) is 5.96. The molecular weight excluding hydrogens is 241 g/mol. The molecule has 0 atom stereocenters. The van der Waals surface area contributed by atoms with Crippen LogP contribution in [0.4, 0.5) is 11.7 Å². The van der Waals surface area contributed by atoms with E-state index in [1.807, 2.05) is 0 Å². The summed E-state index contributed by atoms with van der Waals surface area (Å²) in [7, 11) is 0. The number of hydrogen-bond acceptors (Lipinski definition) is 4. The predicted octanol–water partition coefficient (Wildman–Crippen LogP) is 4.32. The van der Waals surface area contributed by atoms with Gasteiger partial charge in [-0.15, -0.1) is 0 Å². The lowest BCUT2D eigenvalue weighted by atomic mass is 10.3. The van der Waals surface area contributed by atoms with Crippen molar-refractivity contribution in [1.82, 2.24) is 0 Å². The minimum atomic E-state index is -0.398. The first-order chi connectivity index (χ1) is 6.24. The first-order valence-corrected chi connectivity index (χ1v) is 5.11. The van der Waals surface area contributed by atoms with E-state index >= 15 is 0 Å². The second kappa shape index (κ2) is 4.92. The van der Waals surface area contributed by atoms with Gasteiger partial charge in [0.2, 0.25) is 0 Å². The van der Waals surface area contributed by atoms with Crippen molar-refractivity contribution in [2.45, 2.75) is 14.7 Å². The predicted molar refractivity (Wildman–Crippen MR) is 49.0 cm³/mol. The first kappa shape index (κ1) is 10.9. The van der Waals surface area contributed by atoms with Gasteiger partial charge in [0.15, 0.2) is 0 Å². The SMILES string of the molecule is Oc1ccc(SF)c(SF)c1SF. The second-order valence-corrected chi connectivity index (χ2v) is 3.69. The number of phenols is 1. The van der Waals surface area contributed by atoms with E-state index in [-0.39, 0.29) is 51.1 Å². The van der Waals surface area contributed by atoms with Gasteiger partial charge >= 0.3 is 0 Å². The number of rotatable bonds is 3. The van der Waals surface area contributed by atoms with Gasteiger partial charge in [0.25, 0.3) is 0 Å². The maximum Gasteiger partial charge on any atom is 0.133 e. The van der Waals surface area contributed by atoms with E-state index < -0.39 is 5.75 Å². The molecule has 0 aliphatic rings. The van der Waals surface area contributed by atoms with Crippen molar-refractivity contribution in [3.05, 3.63) is 12.1 Å². The topological polar surface area (TPSA) is 20.2 Å². The molecule has 0 aliphatic heterocycles. The smallest absolute Gasteiger partial charge is 0.133 e. The van der Waals surface area contributed by atoms with E-state index in [9.17, 15) is 11.7 Å². The zero-order valence-corrected chi connectivity index (χ0v) is 8.41. The highest BCUT2D eigenvalue weighted by Gasteiger charge is 2.15. The molecule has 1 rings (SSSR count). The summed E-state index contributed by atoms with van der Waals surface area (Å²) in [5, 5.41) is 9.07. The van der Waals surface area contributed by atoms with Crippen LogP contribution in [0.15, 0.2) is 26.8 Å². The van der Waals surface area contributed by atoms with Crippen LogP contribution in [0.25, 0.3) is 0 Å². The molecule has 0 saturated heterocycles. The quantitative estimate of drug-likeness (QED) is 0.853. The van der Waals surface area contributed by atoms with Crippen molar-refractivity contribution < 1.29 is 16.8 Å². The van der Waals surface area contributed by atoms with Gasteiger partial charge in [0, 0.05) is 0 Å². The van der Waals surface area contributed by atoms with E-state index in [4.69, 9.17) is 5.11 Å². The lowest BCUT2D eigenvalue weighted by Gasteiger charge is -2.05. The summed E-state index contributed by atoms with van der Waals surface area (Å²) in [4.78, 5) is -0.583. The van der Waals surface area contributed by atoms with Gasteiger partial charge in [-0.2, -0.15) is 11.7 Å². The summed E-state index contributed by atoms with van der Waals surface area (Å²) in [6, 6.07) is 2.30. The Labute approximate surface area is 86.0 Å². The van der Waals surface area contributed by atoms with Crippen LogP contribution in [-0.4, -0.2) is 5.11 Å². The molecule has 7 heteroatoms. The van der Waals surface area contributed by atoms with Gasteiger partial charge in [-0.3, -0.25) is 0 Å². The van der Waals surface area contributed by atoms with E-state index in [1.165, 1.54) is 6.07 Å². The van der Waals surface area contributed by atoms with E-state index in [1.54, 1.807) is 0 Å². The van der Waals surface area contributed by atoms with Crippen LogP contribution in [0.1, 0.15) is 0 Å². The summed E-state index contributed by atoms with van der Waals surface area (Å²) in [5.41, 5.74) is 0. The molecule has 0 saturated carbocycles.